The Balaban J connectivity index is 1.31. The molecule has 2 aromatic heterocycles. The van der Waals surface area contributed by atoms with Crippen molar-refractivity contribution >= 4 is 16.8 Å². The van der Waals surface area contributed by atoms with Gasteiger partial charge in [0.05, 0.1) is 25.4 Å². The molecule has 8 nitrogen and oxygen atoms in total. The summed E-state index contributed by atoms with van der Waals surface area (Å²) in [6, 6.07) is 10.8. The smallest absolute Gasteiger partial charge is 0.272 e. The van der Waals surface area contributed by atoms with E-state index in [2.05, 4.69) is 15.4 Å². The fraction of sp³-hybridized carbons (Fsp3) is 0.387. The third-order valence-corrected chi connectivity index (χ3v) is 7.84. The minimum atomic E-state index is -2.70. The molecule has 2 aliphatic carbocycles. The molecule has 0 saturated heterocycles. The van der Waals surface area contributed by atoms with Gasteiger partial charge in [0.1, 0.15) is 40.7 Å². The number of aryl methyl sites for hydroxylation is 1. The molecule has 4 aromatic rings. The predicted molar refractivity (Wildman–Crippen MR) is 149 cm³/mol. The van der Waals surface area contributed by atoms with E-state index in [0.29, 0.717) is 34.0 Å². The van der Waals surface area contributed by atoms with Gasteiger partial charge in [0.15, 0.2) is 0 Å². The van der Waals surface area contributed by atoms with Gasteiger partial charge < -0.3 is 19.9 Å². The second kappa shape index (κ2) is 10.9. The van der Waals surface area contributed by atoms with Gasteiger partial charge in [-0.15, -0.1) is 0 Å². The van der Waals surface area contributed by atoms with Crippen molar-refractivity contribution in [2.45, 2.75) is 50.7 Å². The molecule has 11 heteroatoms. The average molecular weight is 581 g/mol. The highest BCUT2D eigenvalue weighted by Gasteiger charge is 2.47. The normalized spacial score (nSPS) is 16.5. The van der Waals surface area contributed by atoms with Crippen molar-refractivity contribution in [2.24, 2.45) is 5.92 Å². The number of nitrogens with one attached hydrogen (secondary N) is 1. The number of benzene rings is 2. The van der Waals surface area contributed by atoms with Crippen molar-refractivity contribution in [1.82, 2.24) is 20.1 Å². The van der Waals surface area contributed by atoms with Gasteiger partial charge in [-0.25, -0.2) is 18.2 Å². The molecule has 2 saturated carbocycles. The Morgan fingerprint density at radius 1 is 1.17 bits per heavy atom. The number of hydrogen-bond acceptors (Lipinski definition) is 6. The Hall–Kier alpha value is -4.12. The van der Waals surface area contributed by atoms with E-state index in [4.69, 9.17) is 9.47 Å². The van der Waals surface area contributed by atoms with Crippen molar-refractivity contribution < 1.29 is 32.5 Å². The van der Waals surface area contributed by atoms with Crippen LogP contribution < -0.4 is 14.8 Å². The number of alkyl halides is 2. The molecule has 220 valence electrons. The minimum Gasteiger partial charge on any atom is -0.494 e. The number of amides is 1. The van der Waals surface area contributed by atoms with Gasteiger partial charge in [0, 0.05) is 22.7 Å². The number of carbonyl (C=O) groups excluding carboxylic acids is 1. The molecule has 2 aromatic carbocycles. The second-order valence-corrected chi connectivity index (χ2v) is 11.0. The van der Waals surface area contributed by atoms with Gasteiger partial charge in [-0.2, -0.15) is 5.10 Å². The molecule has 0 bridgehead atoms. The highest BCUT2D eigenvalue weighted by Crippen LogP contribution is 2.47. The Bertz CT molecular complexity index is 1630. The maximum atomic E-state index is 13.7. The van der Waals surface area contributed by atoms with E-state index in [9.17, 15) is 23.1 Å². The number of carbonyl (C=O) groups is 1. The molecule has 2 fully saturated rings. The van der Waals surface area contributed by atoms with Crippen LogP contribution in [0.4, 0.5) is 13.2 Å². The first-order chi connectivity index (χ1) is 20.2. The lowest BCUT2D eigenvalue weighted by molar-refractivity contribution is 0.00937. The van der Waals surface area contributed by atoms with Gasteiger partial charge in [-0.3, -0.25) is 9.48 Å². The van der Waals surface area contributed by atoms with Gasteiger partial charge in [-0.1, -0.05) is 0 Å². The van der Waals surface area contributed by atoms with E-state index in [1.807, 2.05) is 10.9 Å². The topological polar surface area (TPSA) is 98.5 Å². The van der Waals surface area contributed by atoms with Crippen LogP contribution in [-0.4, -0.2) is 52.5 Å². The van der Waals surface area contributed by atoms with Gasteiger partial charge in [0.2, 0.25) is 0 Å². The predicted octanol–water partition coefficient (Wildman–Crippen LogP) is 5.56. The molecule has 1 atom stereocenters. The van der Waals surface area contributed by atoms with E-state index in [1.165, 1.54) is 31.4 Å². The number of ether oxygens (including phenoxy) is 2. The maximum absolute atomic E-state index is 13.7. The molecule has 2 N–H and O–H groups in total. The summed E-state index contributed by atoms with van der Waals surface area (Å²) in [6.45, 7) is 0.700. The van der Waals surface area contributed by atoms with E-state index >= 15 is 0 Å². The van der Waals surface area contributed by atoms with Crippen LogP contribution in [0.25, 0.3) is 22.2 Å². The Labute approximate surface area is 240 Å². The second-order valence-electron chi connectivity index (χ2n) is 11.0. The SMILES string of the molecule is COc1cc(C(=O)NC[C@](O)(c2cc(C)c(OCC(F)F)c(-c3ccc(F)cc3)n2)C2CC2)cc2cn(C3CC3)nc12. The number of fused-ring (bicyclic) bond motifs is 1. The molecule has 2 heterocycles. The number of halogens is 3. The largest absolute Gasteiger partial charge is 0.494 e. The summed E-state index contributed by atoms with van der Waals surface area (Å²) in [5.74, 6) is -0.433. The third-order valence-electron chi connectivity index (χ3n) is 7.84. The number of rotatable bonds is 11. The molecule has 6 rings (SSSR count). The first-order valence-electron chi connectivity index (χ1n) is 13.9. The van der Waals surface area contributed by atoms with E-state index in [0.717, 1.165) is 31.1 Å². The van der Waals surface area contributed by atoms with Crippen molar-refractivity contribution in [2.75, 3.05) is 20.3 Å². The van der Waals surface area contributed by atoms with E-state index in [1.54, 1.807) is 25.1 Å². The number of nitrogens with zero attached hydrogens (tertiary/aromatic N) is 3. The maximum Gasteiger partial charge on any atom is 0.272 e. The monoisotopic (exact) mass is 580 g/mol. The molecule has 0 radical (unpaired) electrons. The number of methoxy groups -OCH3 is 1. The van der Waals surface area contributed by atoms with Crippen LogP contribution in [0, 0.1) is 18.7 Å². The van der Waals surface area contributed by atoms with Crippen LogP contribution in [0.2, 0.25) is 0 Å². The summed E-state index contributed by atoms with van der Waals surface area (Å²) in [5.41, 5.74) is 0.899. The van der Waals surface area contributed by atoms with E-state index < -0.39 is 30.4 Å². The molecule has 0 aliphatic heterocycles. The molecule has 0 unspecified atom stereocenters. The summed E-state index contributed by atoms with van der Waals surface area (Å²) >= 11 is 0. The number of aromatic nitrogens is 3. The van der Waals surface area contributed by atoms with Crippen molar-refractivity contribution in [3.05, 3.63) is 71.3 Å². The summed E-state index contributed by atoms with van der Waals surface area (Å²) in [6.07, 6.45) is 2.79. The zero-order chi connectivity index (χ0) is 29.6. The van der Waals surface area contributed by atoms with Crippen LogP contribution in [0.15, 0.2) is 48.7 Å². The third kappa shape index (κ3) is 5.53. The standard InChI is InChI=1S/C31H31F3N4O4/c1-17-11-25(36-28(29(17)42-15-26(33)34)18-3-7-22(32)8-4-18)31(40,21-5-6-21)16-35-30(39)19-12-20-14-38(23-9-10-23)37-27(20)24(13-19)41-2/h3-4,7-8,11-14,21,23,26,40H,5-6,9-10,15-16H2,1-2H3,(H,35,39)/t31-/m1/s1. The first-order valence-corrected chi connectivity index (χ1v) is 13.9. The van der Waals surface area contributed by atoms with Crippen LogP contribution in [0.3, 0.4) is 0 Å². The lowest BCUT2D eigenvalue weighted by Gasteiger charge is -2.29. The summed E-state index contributed by atoms with van der Waals surface area (Å²) in [5, 5.41) is 20.2. The zero-order valence-corrected chi connectivity index (χ0v) is 23.2. The van der Waals surface area contributed by atoms with Crippen molar-refractivity contribution in [1.29, 1.82) is 0 Å². The molecule has 1 amide bonds. The molecule has 2 aliphatic rings. The molecule has 42 heavy (non-hydrogen) atoms. The Morgan fingerprint density at radius 3 is 2.55 bits per heavy atom. The van der Waals surface area contributed by atoms with Crippen molar-refractivity contribution in [3.63, 3.8) is 0 Å². The fourth-order valence-corrected chi connectivity index (χ4v) is 5.27. The lowest BCUT2D eigenvalue weighted by atomic mass is 9.90. The number of pyridine rings is 1. The quantitative estimate of drug-likeness (QED) is 0.241. The Kier molecular flexibility index (Phi) is 7.30. The van der Waals surface area contributed by atoms with E-state index in [-0.39, 0.29) is 29.6 Å². The van der Waals surface area contributed by atoms with Gasteiger partial charge in [-0.05, 0) is 86.6 Å². The molecule has 0 spiro atoms. The summed E-state index contributed by atoms with van der Waals surface area (Å²) in [7, 11) is 1.53. The molecular weight excluding hydrogens is 549 g/mol. The van der Waals surface area contributed by atoms with Gasteiger partial charge in [0.25, 0.3) is 12.3 Å². The summed E-state index contributed by atoms with van der Waals surface area (Å²) < 4.78 is 52.5. The average Bonchev–Trinajstić information content (AvgIpc) is 3.91. The molecular formula is C31H31F3N4O4. The minimum absolute atomic E-state index is 0.125. The lowest BCUT2D eigenvalue weighted by Crippen LogP contribution is -2.43. The van der Waals surface area contributed by atoms with Crippen LogP contribution in [0.1, 0.15) is 53.3 Å². The highest BCUT2D eigenvalue weighted by atomic mass is 19.3. The summed E-state index contributed by atoms with van der Waals surface area (Å²) in [4.78, 5) is 18.0. The first kappa shape index (κ1) is 28.0. The van der Waals surface area contributed by atoms with Crippen LogP contribution >= 0.6 is 0 Å². The van der Waals surface area contributed by atoms with Gasteiger partial charge >= 0.3 is 0 Å². The van der Waals surface area contributed by atoms with Crippen LogP contribution in [0.5, 0.6) is 11.5 Å². The zero-order valence-electron chi connectivity index (χ0n) is 23.2. The number of hydrogen-bond donors (Lipinski definition) is 2. The highest BCUT2D eigenvalue weighted by molar-refractivity contribution is 5.99. The van der Waals surface area contributed by atoms with Crippen LogP contribution in [-0.2, 0) is 5.60 Å². The fourth-order valence-electron chi connectivity index (χ4n) is 5.27. The number of aliphatic hydroxyl groups is 1. The Morgan fingerprint density at radius 2 is 1.90 bits per heavy atom. The van der Waals surface area contributed by atoms with Crippen molar-refractivity contribution in [3.8, 4) is 22.8 Å².